The van der Waals surface area contributed by atoms with Crippen LogP contribution in [0.25, 0.3) is 11.0 Å². The molecule has 6 heteroatoms. The molecule has 0 bridgehead atoms. The second-order valence-electron chi connectivity index (χ2n) is 9.83. The molecule has 1 atom stereocenters. The van der Waals surface area contributed by atoms with Gasteiger partial charge in [0.05, 0.1) is 11.0 Å². The van der Waals surface area contributed by atoms with E-state index in [1.807, 2.05) is 34.1 Å². The largest absolute Gasteiger partial charge is 0.343 e. The number of hydrogen-bond acceptors (Lipinski definition) is 3. The molecule has 34 heavy (non-hydrogen) atoms. The molecule has 2 aliphatic rings. The molecule has 0 spiro atoms. The molecule has 1 unspecified atom stereocenters. The first-order chi connectivity index (χ1) is 16.5. The van der Waals surface area contributed by atoms with Gasteiger partial charge in [-0.15, -0.1) is 0 Å². The Bertz CT molecular complexity index is 1210. The molecule has 0 radical (unpaired) electrons. The zero-order chi connectivity index (χ0) is 23.7. The molecule has 178 valence electrons. The summed E-state index contributed by atoms with van der Waals surface area (Å²) in [5, 5.41) is 0. The van der Waals surface area contributed by atoms with Gasteiger partial charge < -0.3 is 14.4 Å². The number of para-hydroxylation sites is 2. The molecule has 2 aromatic carbocycles. The van der Waals surface area contributed by atoms with Crippen LogP contribution in [0.3, 0.4) is 0 Å². The topological polar surface area (TPSA) is 58.4 Å². The zero-order valence-corrected chi connectivity index (χ0v) is 20.3. The van der Waals surface area contributed by atoms with Crippen LogP contribution in [0.4, 0.5) is 5.69 Å². The summed E-state index contributed by atoms with van der Waals surface area (Å²) >= 11 is 0. The summed E-state index contributed by atoms with van der Waals surface area (Å²) in [6.45, 7) is 7.13. The Morgan fingerprint density at radius 3 is 2.53 bits per heavy atom. The molecule has 5 rings (SSSR count). The highest BCUT2D eigenvalue weighted by molar-refractivity contribution is 5.96. The van der Waals surface area contributed by atoms with Crippen LogP contribution in [0.1, 0.15) is 61.4 Å². The van der Waals surface area contributed by atoms with Crippen LogP contribution in [0, 0.1) is 13.8 Å². The summed E-state index contributed by atoms with van der Waals surface area (Å²) in [6, 6.07) is 14.3. The molecule has 1 aromatic heterocycles. The van der Waals surface area contributed by atoms with Crippen molar-refractivity contribution in [1.82, 2.24) is 14.5 Å². The standard InChI is InChI=1S/C28H34N4O2/c1-20-11-12-23(17-21(20)2)32-19-22(18-27(32)34)28-29-24-9-5-6-10-25(24)31(28)16-13-26(33)30-14-7-3-4-8-15-30/h5-6,9-12,17,22H,3-4,7-8,13-16,18-19H2,1-2H3. The van der Waals surface area contributed by atoms with Crippen molar-refractivity contribution in [2.24, 2.45) is 0 Å². The van der Waals surface area contributed by atoms with Crippen molar-refractivity contribution in [3.63, 3.8) is 0 Å². The van der Waals surface area contributed by atoms with Crippen LogP contribution in [0.2, 0.25) is 0 Å². The van der Waals surface area contributed by atoms with Gasteiger partial charge in [0.2, 0.25) is 11.8 Å². The number of rotatable bonds is 5. The van der Waals surface area contributed by atoms with Gasteiger partial charge in [0, 0.05) is 50.6 Å². The Morgan fingerprint density at radius 2 is 1.76 bits per heavy atom. The summed E-state index contributed by atoms with van der Waals surface area (Å²) in [7, 11) is 0. The summed E-state index contributed by atoms with van der Waals surface area (Å²) < 4.78 is 2.19. The van der Waals surface area contributed by atoms with E-state index in [1.54, 1.807) is 0 Å². The van der Waals surface area contributed by atoms with Crippen molar-refractivity contribution in [3.8, 4) is 0 Å². The summed E-state index contributed by atoms with van der Waals surface area (Å²) in [5.41, 5.74) is 5.33. The van der Waals surface area contributed by atoms with Gasteiger partial charge in [-0.05, 0) is 62.1 Å². The number of likely N-dealkylation sites (tertiary alicyclic amines) is 1. The van der Waals surface area contributed by atoms with E-state index in [9.17, 15) is 9.59 Å². The third-order valence-electron chi connectivity index (χ3n) is 7.48. The van der Waals surface area contributed by atoms with E-state index >= 15 is 0 Å². The average molecular weight is 459 g/mol. The first-order valence-electron chi connectivity index (χ1n) is 12.6. The van der Waals surface area contributed by atoms with Crippen LogP contribution in [-0.2, 0) is 16.1 Å². The molecule has 3 aromatic rings. The van der Waals surface area contributed by atoms with Crippen molar-refractivity contribution in [2.45, 2.75) is 64.8 Å². The number of amides is 2. The average Bonchev–Trinajstić information content (AvgIpc) is 3.27. The molecule has 0 saturated carbocycles. The summed E-state index contributed by atoms with van der Waals surface area (Å²) in [6.07, 6.45) is 5.54. The first kappa shape index (κ1) is 22.6. The number of aromatic nitrogens is 2. The maximum atomic E-state index is 13.0. The van der Waals surface area contributed by atoms with E-state index in [-0.39, 0.29) is 17.7 Å². The lowest BCUT2D eigenvalue weighted by Crippen LogP contribution is -2.32. The highest BCUT2D eigenvalue weighted by atomic mass is 16.2. The number of benzene rings is 2. The third kappa shape index (κ3) is 4.46. The number of hydrogen-bond donors (Lipinski definition) is 0. The number of aryl methyl sites for hydroxylation is 3. The van der Waals surface area contributed by atoms with Gasteiger partial charge in [-0.1, -0.05) is 31.0 Å². The fraction of sp³-hybridized carbons (Fsp3) is 0.464. The molecule has 6 nitrogen and oxygen atoms in total. The van der Waals surface area contributed by atoms with Gasteiger partial charge >= 0.3 is 0 Å². The van der Waals surface area contributed by atoms with Crippen LogP contribution < -0.4 is 4.90 Å². The minimum Gasteiger partial charge on any atom is -0.343 e. The number of fused-ring (bicyclic) bond motifs is 1. The molecule has 2 aliphatic heterocycles. The Hall–Kier alpha value is -3.15. The highest BCUT2D eigenvalue weighted by Gasteiger charge is 2.35. The van der Waals surface area contributed by atoms with E-state index < -0.39 is 0 Å². The van der Waals surface area contributed by atoms with Gasteiger partial charge in [-0.2, -0.15) is 0 Å². The van der Waals surface area contributed by atoms with Crippen molar-refractivity contribution in [3.05, 3.63) is 59.4 Å². The lowest BCUT2D eigenvalue weighted by Gasteiger charge is -2.21. The fourth-order valence-corrected chi connectivity index (χ4v) is 5.35. The minimum absolute atomic E-state index is 0.00907. The molecule has 0 aliphatic carbocycles. The minimum atomic E-state index is 0.00907. The van der Waals surface area contributed by atoms with E-state index in [0.29, 0.717) is 25.9 Å². The Kier molecular flexibility index (Phi) is 6.40. The second kappa shape index (κ2) is 9.61. The van der Waals surface area contributed by atoms with Gasteiger partial charge in [0.1, 0.15) is 5.82 Å². The number of nitrogens with zero attached hydrogens (tertiary/aromatic N) is 4. The lowest BCUT2D eigenvalue weighted by molar-refractivity contribution is -0.131. The molecule has 2 amide bonds. The number of carbonyl (C=O) groups is 2. The van der Waals surface area contributed by atoms with Crippen molar-refractivity contribution < 1.29 is 9.59 Å². The van der Waals surface area contributed by atoms with Crippen LogP contribution in [0.5, 0.6) is 0 Å². The van der Waals surface area contributed by atoms with Crippen LogP contribution >= 0.6 is 0 Å². The summed E-state index contributed by atoms with van der Waals surface area (Å²) in [4.78, 5) is 34.9. The predicted molar refractivity (Wildman–Crippen MR) is 135 cm³/mol. The molecule has 2 fully saturated rings. The van der Waals surface area contributed by atoms with Crippen molar-refractivity contribution >= 4 is 28.5 Å². The normalized spacial score (nSPS) is 19.1. The third-order valence-corrected chi connectivity index (χ3v) is 7.48. The quantitative estimate of drug-likeness (QED) is 0.543. The van der Waals surface area contributed by atoms with E-state index in [4.69, 9.17) is 4.98 Å². The Balaban J connectivity index is 1.39. The molecule has 3 heterocycles. The van der Waals surface area contributed by atoms with Gasteiger partial charge in [-0.3, -0.25) is 9.59 Å². The fourth-order valence-electron chi connectivity index (χ4n) is 5.35. The Morgan fingerprint density at radius 1 is 1.00 bits per heavy atom. The molecular formula is C28H34N4O2. The van der Waals surface area contributed by atoms with Crippen molar-refractivity contribution in [1.29, 1.82) is 0 Å². The van der Waals surface area contributed by atoms with Gasteiger partial charge in [0.25, 0.3) is 0 Å². The monoisotopic (exact) mass is 458 g/mol. The zero-order valence-electron chi connectivity index (χ0n) is 20.3. The maximum absolute atomic E-state index is 13.0. The molecule has 2 saturated heterocycles. The second-order valence-corrected chi connectivity index (χ2v) is 9.83. The number of carbonyl (C=O) groups excluding carboxylic acids is 2. The molecular weight excluding hydrogens is 424 g/mol. The van der Waals surface area contributed by atoms with E-state index in [0.717, 1.165) is 48.5 Å². The van der Waals surface area contributed by atoms with Crippen LogP contribution in [-0.4, -0.2) is 45.9 Å². The highest BCUT2D eigenvalue weighted by Crippen LogP contribution is 2.34. The smallest absolute Gasteiger partial charge is 0.227 e. The van der Waals surface area contributed by atoms with E-state index in [2.05, 4.69) is 36.6 Å². The lowest BCUT2D eigenvalue weighted by atomic mass is 10.1. The van der Waals surface area contributed by atoms with Crippen LogP contribution in [0.15, 0.2) is 42.5 Å². The maximum Gasteiger partial charge on any atom is 0.227 e. The number of anilines is 1. The molecule has 0 N–H and O–H groups in total. The van der Waals surface area contributed by atoms with Gasteiger partial charge in [0.15, 0.2) is 0 Å². The van der Waals surface area contributed by atoms with Gasteiger partial charge in [-0.25, -0.2) is 4.98 Å². The first-order valence-corrected chi connectivity index (χ1v) is 12.6. The Labute approximate surface area is 201 Å². The summed E-state index contributed by atoms with van der Waals surface area (Å²) in [5.74, 6) is 1.29. The van der Waals surface area contributed by atoms with E-state index in [1.165, 1.54) is 24.0 Å². The number of imidazole rings is 1. The van der Waals surface area contributed by atoms with Crippen molar-refractivity contribution in [2.75, 3.05) is 24.5 Å². The SMILES string of the molecule is Cc1ccc(N2CC(c3nc4ccccc4n3CCC(=O)N3CCCCCC3)CC2=O)cc1C. The predicted octanol–water partition coefficient (Wildman–Crippen LogP) is 4.97.